The van der Waals surface area contributed by atoms with Gasteiger partial charge in [-0.3, -0.25) is 9.79 Å². The number of aliphatic imine (C=N–C) groups is 1. The predicted octanol–water partition coefficient (Wildman–Crippen LogP) is 2.52. The van der Waals surface area contributed by atoms with Gasteiger partial charge in [0.1, 0.15) is 5.76 Å². The van der Waals surface area contributed by atoms with E-state index in [1.54, 1.807) is 7.05 Å². The number of oxazole rings is 1. The molecule has 3 N–H and O–H groups in total. The lowest BCUT2D eigenvalue weighted by Gasteiger charge is -2.11. The molecular weight excluding hydrogens is 445 g/mol. The number of guanidine groups is 1. The Bertz CT molecular complexity index is 721. The molecule has 2 aromatic rings. The van der Waals surface area contributed by atoms with Crippen molar-refractivity contribution in [1.82, 2.24) is 20.9 Å². The standard InChI is InChI=1S/C18H25N5O2.HI/c1-5-20-17(24)15-8-6-14(7-9-15)10-21-18(19-4)22-11-16-23-12(2)13(3)25-16;/h6-9H,5,10-11H2,1-4H3,(H,20,24)(H2,19,21,22);1H. The van der Waals surface area contributed by atoms with Gasteiger partial charge >= 0.3 is 0 Å². The zero-order chi connectivity index (χ0) is 18.2. The van der Waals surface area contributed by atoms with Crippen molar-refractivity contribution >= 4 is 35.8 Å². The molecule has 0 aliphatic heterocycles. The Morgan fingerprint density at radius 1 is 1.12 bits per heavy atom. The van der Waals surface area contributed by atoms with Gasteiger partial charge in [0.2, 0.25) is 5.89 Å². The lowest BCUT2D eigenvalue weighted by atomic mass is 10.1. The minimum Gasteiger partial charge on any atom is -0.444 e. The van der Waals surface area contributed by atoms with Crippen LogP contribution in [0.5, 0.6) is 0 Å². The Morgan fingerprint density at radius 2 is 1.77 bits per heavy atom. The lowest BCUT2D eigenvalue weighted by molar-refractivity contribution is 0.0956. The zero-order valence-electron chi connectivity index (χ0n) is 15.5. The second-order valence-electron chi connectivity index (χ2n) is 5.58. The molecule has 7 nitrogen and oxygen atoms in total. The summed E-state index contributed by atoms with van der Waals surface area (Å²) in [6, 6.07) is 7.48. The van der Waals surface area contributed by atoms with E-state index in [9.17, 15) is 4.79 Å². The smallest absolute Gasteiger partial charge is 0.251 e. The van der Waals surface area contributed by atoms with Crippen LogP contribution in [-0.2, 0) is 13.1 Å². The van der Waals surface area contributed by atoms with Gasteiger partial charge in [-0.2, -0.15) is 0 Å². The molecule has 0 fully saturated rings. The molecule has 0 radical (unpaired) electrons. The molecular formula is C18H26IN5O2. The second kappa shape index (κ2) is 10.8. The first kappa shape index (κ1) is 21.9. The summed E-state index contributed by atoms with van der Waals surface area (Å²) in [5.41, 5.74) is 2.61. The largest absolute Gasteiger partial charge is 0.444 e. The number of carbonyl (C=O) groups excluding carboxylic acids is 1. The van der Waals surface area contributed by atoms with E-state index in [0.29, 0.717) is 37.0 Å². The van der Waals surface area contributed by atoms with E-state index in [1.165, 1.54) is 0 Å². The van der Waals surface area contributed by atoms with Crippen LogP contribution in [0.1, 0.15) is 40.2 Å². The molecule has 1 heterocycles. The molecule has 1 aromatic heterocycles. The van der Waals surface area contributed by atoms with E-state index >= 15 is 0 Å². The third-order valence-electron chi connectivity index (χ3n) is 3.72. The van der Waals surface area contributed by atoms with E-state index in [4.69, 9.17) is 4.42 Å². The van der Waals surface area contributed by atoms with E-state index in [2.05, 4.69) is 25.9 Å². The van der Waals surface area contributed by atoms with Crippen LogP contribution in [0.3, 0.4) is 0 Å². The number of nitrogens with zero attached hydrogens (tertiary/aromatic N) is 2. The maximum Gasteiger partial charge on any atom is 0.251 e. The van der Waals surface area contributed by atoms with Gasteiger partial charge in [0, 0.05) is 25.7 Å². The Balaban J connectivity index is 0.00000338. The van der Waals surface area contributed by atoms with Gasteiger partial charge in [0.05, 0.1) is 12.2 Å². The highest BCUT2D eigenvalue weighted by Crippen LogP contribution is 2.08. The van der Waals surface area contributed by atoms with Crippen LogP contribution < -0.4 is 16.0 Å². The summed E-state index contributed by atoms with van der Waals surface area (Å²) in [6.07, 6.45) is 0. The number of benzene rings is 1. The Morgan fingerprint density at radius 3 is 2.31 bits per heavy atom. The average molecular weight is 471 g/mol. The zero-order valence-corrected chi connectivity index (χ0v) is 17.9. The molecule has 1 aromatic carbocycles. The highest BCUT2D eigenvalue weighted by Gasteiger charge is 2.07. The van der Waals surface area contributed by atoms with Crippen molar-refractivity contribution in [3.8, 4) is 0 Å². The molecule has 0 aliphatic carbocycles. The van der Waals surface area contributed by atoms with Gasteiger partial charge < -0.3 is 20.4 Å². The first-order valence-corrected chi connectivity index (χ1v) is 8.28. The quantitative estimate of drug-likeness (QED) is 0.342. The van der Waals surface area contributed by atoms with Gasteiger partial charge in [-0.15, -0.1) is 24.0 Å². The van der Waals surface area contributed by atoms with Gasteiger partial charge in [0.15, 0.2) is 5.96 Å². The number of carbonyl (C=O) groups is 1. The number of hydrogen-bond acceptors (Lipinski definition) is 4. The topological polar surface area (TPSA) is 91.5 Å². The summed E-state index contributed by atoms with van der Waals surface area (Å²) in [4.78, 5) is 20.2. The third kappa shape index (κ3) is 6.32. The molecule has 2 rings (SSSR count). The van der Waals surface area contributed by atoms with Gasteiger partial charge in [0.25, 0.3) is 5.91 Å². The fourth-order valence-electron chi connectivity index (χ4n) is 2.22. The van der Waals surface area contributed by atoms with Gasteiger partial charge in [-0.1, -0.05) is 12.1 Å². The van der Waals surface area contributed by atoms with Gasteiger partial charge in [-0.05, 0) is 38.5 Å². The van der Waals surface area contributed by atoms with Crippen molar-refractivity contribution in [3.63, 3.8) is 0 Å². The Labute approximate surface area is 171 Å². The lowest BCUT2D eigenvalue weighted by Crippen LogP contribution is -2.36. The van der Waals surface area contributed by atoms with E-state index in [1.807, 2.05) is 45.0 Å². The van der Waals surface area contributed by atoms with Gasteiger partial charge in [-0.25, -0.2) is 4.98 Å². The van der Waals surface area contributed by atoms with Crippen LogP contribution in [-0.4, -0.2) is 30.4 Å². The summed E-state index contributed by atoms with van der Waals surface area (Å²) in [6.45, 7) is 7.38. The molecule has 0 spiro atoms. The molecule has 0 saturated heterocycles. The van der Waals surface area contributed by atoms with Crippen LogP contribution in [0.4, 0.5) is 0 Å². The van der Waals surface area contributed by atoms with E-state index in [0.717, 1.165) is 17.0 Å². The van der Waals surface area contributed by atoms with Crippen LogP contribution in [0.15, 0.2) is 33.7 Å². The fraction of sp³-hybridized carbons (Fsp3) is 0.389. The monoisotopic (exact) mass is 471 g/mol. The van der Waals surface area contributed by atoms with Crippen molar-refractivity contribution in [2.24, 2.45) is 4.99 Å². The van der Waals surface area contributed by atoms with Crippen LogP contribution >= 0.6 is 24.0 Å². The number of rotatable bonds is 6. The van der Waals surface area contributed by atoms with Crippen LogP contribution in [0.25, 0.3) is 0 Å². The molecule has 26 heavy (non-hydrogen) atoms. The molecule has 0 aliphatic rings. The molecule has 0 atom stereocenters. The minimum absolute atomic E-state index is 0. The Hall–Kier alpha value is -2.10. The van der Waals surface area contributed by atoms with Crippen LogP contribution in [0, 0.1) is 13.8 Å². The maximum absolute atomic E-state index is 11.7. The normalized spacial score (nSPS) is 10.8. The van der Waals surface area contributed by atoms with E-state index in [-0.39, 0.29) is 29.9 Å². The number of amides is 1. The summed E-state index contributed by atoms with van der Waals surface area (Å²) < 4.78 is 5.53. The Kier molecular flexibility index (Phi) is 9.11. The number of halogens is 1. The second-order valence-corrected chi connectivity index (χ2v) is 5.58. The van der Waals surface area contributed by atoms with Crippen molar-refractivity contribution in [1.29, 1.82) is 0 Å². The fourth-order valence-corrected chi connectivity index (χ4v) is 2.22. The summed E-state index contributed by atoms with van der Waals surface area (Å²) in [5.74, 6) is 2.05. The molecule has 0 unspecified atom stereocenters. The SMILES string of the molecule is CCNC(=O)c1ccc(CNC(=NC)NCc2nc(C)c(C)o2)cc1.I. The minimum atomic E-state index is -0.0592. The highest BCUT2D eigenvalue weighted by atomic mass is 127. The maximum atomic E-state index is 11.7. The average Bonchev–Trinajstić information content (AvgIpc) is 2.93. The predicted molar refractivity (Wildman–Crippen MR) is 113 cm³/mol. The molecule has 0 saturated carbocycles. The summed E-state index contributed by atoms with van der Waals surface area (Å²) >= 11 is 0. The highest BCUT2D eigenvalue weighted by molar-refractivity contribution is 14.0. The summed E-state index contributed by atoms with van der Waals surface area (Å²) in [5, 5.41) is 9.16. The number of aromatic nitrogens is 1. The molecule has 0 bridgehead atoms. The molecule has 142 valence electrons. The first-order valence-electron chi connectivity index (χ1n) is 8.28. The molecule has 1 amide bonds. The van der Waals surface area contributed by atoms with Crippen molar-refractivity contribution < 1.29 is 9.21 Å². The number of nitrogens with one attached hydrogen (secondary N) is 3. The van der Waals surface area contributed by atoms with E-state index < -0.39 is 0 Å². The summed E-state index contributed by atoms with van der Waals surface area (Å²) in [7, 11) is 1.71. The number of aryl methyl sites for hydroxylation is 2. The third-order valence-corrected chi connectivity index (χ3v) is 3.72. The van der Waals surface area contributed by atoms with Crippen molar-refractivity contribution in [2.45, 2.75) is 33.9 Å². The molecule has 8 heteroatoms. The van der Waals surface area contributed by atoms with Crippen molar-refractivity contribution in [3.05, 3.63) is 52.7 Å². The number of hydrogen-bond donors (Lipinski definition) is 3. The first-order chi connectivity index (χ1) is 12.0. The van der Waals surface area contributed by atoms with Crippen molar-refractivity contribution in [2.75, 3.05) is 13.6 Å². The van der Waals surface area contributed by atoms with Crippen LogP contribution in [0.2, 0.25) is 0 Å².